The van der Waals surface area contributed by atoms with Gasteiger partial charge in [-0.15, -0.1) is 0 Å². The van der Waals surface area contributed by atoms with Gasteiger partial charge in [-0.1, -0.05) is 24.3 Å². The molecule has 25 heavy (non-hydrogen) atoms. The van der Waals surface area contributed by atoms with E-state index in [0.717, 1.165) is 11.1 Å². The zero-order chi connectivity index (χ0) is 18.4. The number of amides is 2. The van der Waals surface area contributed by atoms with Crippen LogP contribution in [0.4, 0.5) is 14.9 Å². The molecule has 0 aliphatic carbocycles. The Balaban J connectivity index is 1.91. The van der Waals surface area contributed by atoms with Crippen LogP contribution in [0.2, 0.25) is 0 Å². The maximum Gasteiger partial charge on any atom is 0.319 e. The van der Waals surface area contributed by atoms with Gasteiger partial charge in [0.1, 0.15) is 11.6 Å². The molecule has 2 aromatic rings. The fraction of sp³-hybridized carbons (Fsp3) is 0.316. The van der Waals surface area contributed by atoms with Crippen molar-refractivity contribution in [1.82, 2.24) is 5.32 Å². The average Bonchev–Trinajstić information content (AvgIpc) is 2.55. The highest BCUT2D eigenvalue weighted by molar-refractivity contribution is 5.89. The number of hydrogen-bond acceptors (Lipinski definition) is 3. The number of carbonyl (C=O) groups is 1. The minimum atomic E-state index is -0.835. The van der Waals surface area contributed by atoms with Gasteiger partial charge in [0.15, 0.2) is 0 Å². The molecule has 0 aromatic heterocycles. The normalized spacial score (nSPS) is 11.9. The molecule has 0 aliphatic rings. The van der Waals surface area contributed by atoms with Gasteiger partial charge in [-0.25, -0.2) is 9.18 Å². The molecule has 1 unspecified atom stereocenters. The molecule has 5 nitrogen and oxygen atoms in total. The molecule has 0 saturated carbocycles. The lowest BCUT2D eigenvalue weighted by Crippen LogP contribution is -2.32. The fourth-order valence-electron chi connectivity index (χ4n) is 2.37. The van der Waals surface area contributed by atoms with Crippen molar-refractivity contribution in [1.29, 1.82) is 0 Å². The summed E-state index contributed by atoms with van der Waals surface area (Å²) in [5.41, 5.74) is 1.71. The zero-order valence-electron chi connectivity index (χ0n) is 14.5. The van der Waals surface area contributed by atoms with E-state index in [1.54, 1.807) is 12.1 Å². The van der Waals surface area contributed by atoms with Gasteiger partial charge in [0.05, 0.1) is 17.9 Å². The minimum Gasteiger partial charge on any atom is -0.491 e. The molecule has 0 fully saturated rings. The molecule has 2 amide bonds. The Labute approximate surface area is 146 Å². The summed E-state index contributed by atoms with van der Waals surface area (Å²) in [7, 11) is 0. The lowest BCUT2D eigenvalue weighted by atomic mass is 10.0. The SMILES string of the molecule is Cc1ccccc1C(O)CNC(=O)Nc1ccc(OC(C)C)cc1F. The van der Waals surface area contributed by atoms with Gasteiger partial charge in [-0.3, -0.25) is 0 Å². The summed E-state index contributed by atoms with van der Waals surface area (Å²) in [6.45, 7) is 5.59. The standard InChI is InChI=1S/C19H23FN2O3/c1-12(2)25-14-8-9-17(16(20)10-14)22-19(24)21-11-18(23)15-7-5-4-6-13(15)3/h4-10,12,18,23H,11H2,1-3H3,(H2,21,22,24). The topological polar surface area (TPSA) is 70.6 Å². The number of aliphatic hydroxyl groups excluding tert-OH is 1. The van der Waals surface area contributed by atoms with Crippen LogP contribution in [0.3, 0.4) is 0 Å². The van der Waals surface area contributed by atoms with Crippen LogP contribution in [0.5, 0.6) is 5.75 Å². The van der Waals surface area contributed by atoms with Crippen molar-refractivity contribution in [3.63, 3.8) is 0 Å². The molecule has 0 heterocycles. The Morgan fingerprint density at radius 1 is 1.24 bits per heavy atom. The number of hydrogen-bond donors (Lipinski definition) is 3. The van der Waals surface area contributed by atoms with E-state index in [0.29, 0.717) is 5.75 Å². The Morgan fingerprint density at radius 2 is 1.96 bits per heavy atom. The molecule has 0 bridgehead atoms. The van der Waals surface area contributed by atoms with E-state index < -0.39 is 18.0 Å². The quantitative estimate of drug-likeness (QED) is 0.745. The number of urea groups is 1. The first-order valence-corrected chi connectivity index (χ1v) is 8.11. The summed E-state index contributed by atoms with van der Waals surface area (Å²) < 4.78 is 19.4. The molecule has 6 heteroatoms. The molecule has 2 aromatic carbocycles. The largest absolute Gasteiger partial charge is 0.491 e. The third kappa shape index (κ3) is 5.46. The maximum atomic E-state index is 14.0. The van der Waals surface area contributed by atoms with Crippen molar-refractivity contribution in [2.45, 2.75) is 33.0 Å². The molecule has 0 saturated heterocycles. The Kier molecular flexibility index (Phi) is 6.36. The number of anilines is 1. The summed E-state index contributed by atoms with van der Waals surface area (Å²) in [4.78, 5) is 11.9. The Morgan fingerprint density at radius 3 is 2.60 bits per heavy atom. The van der Waals surface area contributed by atoms with Crippen LogP contribution in [0, 0.1) is 12.7 Å². The first kappa shape index (κ1) is 18.7. The van der Waals surface area contributed by atoms with Crippen LogP contribution in [0.1, 0.15) is 31.1 Å². The monoisotopic (exact) mass is 346 g/mol. The van der Waals surface area contributed by atoms with E-state index in [9.17, 15) is 14.3 Å². The molecule has 3 N–H and O–H groups in total. The van der Waals surface area contributed by atoms with E-state index in [-0.39, 0.29) is 18.3 Å². The first-order valence-electron chi connectivity index (χ1n) is 8.11. The number of ether oxygens (including phenoxy) is 1. The third-order valence-electron chi connectivity index (χ3n) is 3.56. The van der Waals surface area contributed by atoms with Gasteiger partial charge in [-0.05, 0) is 44.0 Å². The van der Waals surface area contributed by atoms with Crippen molar-refractivity contribution < 1.29 is 19.0 Å². The highest BCUT2D eigenvalue weighted by atomic mass is 19.1. The number of carbonyl (C=O) groups excluding carboxylic acids is 1. The van der Waals surface area contributed by atoms with Crippen LogP contribution in [-0.2, 0) is 0 Å². The van der Waals surface area contributed by atoms with Crippen molar-refractivity contribution in [3.05, 3.63) is 59.4 Å². The van der Waals surface area contributed by atoms with Gasteiger partial charge < -0.3 is 20.5 Å². The summed E-state index contributed by atoms with van der Waals surface area (Å²) in [5.74, 6) is -0.193. The second kappa shape index (κ2) is 8.48. The van der Waals surface area contributed by atoms with Gasteiger partial charge in [0, 0.05) is 12.6 Å². The van der Waals surface area contributed by atoms with Crippen LogP contribution < -0.4 is 15.4 Å². The third-order valence-corrected chi connectivity index (χ3v) is 3.56. The fourth-order valence-corrected chi connectivity index (χ4v) is 2.37. The highest BCUT2D eigenvalue weighted by Gasteiger charge is 2.13. The second-order valence-corrected chi connectivity index (χ2v) is 6.02. The van der Waals surface area contributed by atoms with Crippen molar-refractivity contribution in [2.24, 2.45) is 0 Å². The smallest absolute Gasteiger partial charge is 0.319 e. The Bertz CT molecular complexity index is 734. The minimum absolute atomic E-state index is 0.0207. The van der Waals surface area contributed by atoms with Gasteiger partial charge in [-0.2, -0.15) is 0 Å². The molecule has 0 radical (unpaired) electrons. The molecule has 0 spiro atoms. The van der Waals surface area contributed by atoms with E-state index in [1.807, 2.05) is 39.0 Å². The predicted molar refractivity (Wildman–Crippen MR) is 95.3 cm³/mol. The van der Waals surface area contributed by atoms with Gasteiger partial charge in [0.2, 0.25) is 0 Å². The van der Waals surface area contributed by atoms with Crippen molar-refractivity contribution >= 4 is 11.7 Å². The van der Waals surface area contributed by atoms with Crippen LogP contribution in [-0.4, -0.2) is 23.8 Å². The maximum absolute atomic E-state index is 14.0. The number of aliphatic hydroxyl groups is 1. The lowest BCUT2D eigenvalue weighted by Gasteiger charge is -2.15. The van der Waals surface area contributed by atoms with E-state index in [1.165, 1.54) is 12.1 Å². The second-order valence-electron chi connectivity index (χ2n) is 6.02. The molecule has 134 valence electrons. The average molecular weight is 346 g/mol. The van der Waals surface area contributed by atoms with Gasteiger partial charge in [0.25, 0.3) is 0 Å². The van der Waals surface area contributed by atoms with Crippen LogP contribution >= 0.6 is 0 Å². The Hall–Kier alpha value is -2.60. The summed E-state index contributed by atoms with van der Waals surface area (Å²) in [5, 5.41) is 15.1. The number of nitrogens with one attached hydrogen (secondary N) is 2. The first-order chi connectivity index (χ1) is 11.9. The molecular weight excluding hydrogens is 323 g/mol. The molecule has 1 atom stereocenters. The molecule has 0 aliphatic heterocycles. The summed E-state index contributed by atoms with van der Waals surface area (Å²) >= 11 is 0. The van der Waals surface area contributed by atoms with E-state index in [4.69, 9.17) is 4.74 Å². The van der Waals surface area contributed by atoms with Crippen molar-refractivity contribution in [2.75, 3.05) is 11.9 Å². The number of rotatable bonds is 6. The van der Waals surface area contributed by atoms with Gasteiger partial charge >= 0.3 is 6.03 Å². The summed E-state index contributed by atoms with van der Waals surface area (Å²) in [6.07, 6.45) is -0.900. The number of aryl methyl sites for hydroxylation is 1. The predicted octanol–water partition coefficient (Wildman–Crippen LogP) is 3.78. The van der Waals surface area contributed by atoms with Crippen LogP contribution in [0.25, 0.3) is 0 Å². The summed E-state index contributed by atoms with van der Waals surface area (Å²) in [6, 6.07) is 11.0. The molecular formula is C19H23FN2O3. The number of halogens is 1. The molecule has 2 rings (SSSR count). The zero-order valence-corrected chi connectivity index (χ0v) is 14.5. The van der Waals surface area contributed by atoms with Crippen molar-refractivity contribution in [3.8, 4) is 5.75 Å². The van der Waals surface area contributed by atoms with E-state index in [2.05, 4.69) is 10.6 Å². The number of benzene rings is 2. The highest BCUT2D eigenvalue weighted by Crippen LogP contribution is 2.21. The lowest BCUT2D eigenvalue weighted by molar-refractivity contribution is 0.174. The van der Waals surface area contributed by atoms with E-state index >= 15 is 0 Å². The van der Waals surface area contributed by atoms with Crippen LogP contribution in [0.15, 0.2) is 42.5 Å².